The highest BCUT2D eigenvalue weighted by Crippen LogP contribution is 2.39. The summed E-state index contributed by atoms with van der Waals surface area (Å²) in [6, 6.07) is 10.3. The number of nitrogens with zero attached hydrogens (tertiary/aromatic N) is 3. The number of carbonyl (C=O) groups excluding carboxylic acids is 1. The van der Waals surface area contributed by atoms with Crippen molar-refractivity contribution < 1.29 is 27.1 Å². The van der Waals surface area contributed by atoms with E-state index in [1.165, 1.54) is 9.69 Å². The summed E-state index contributed by atoms with van der Waals surface area (Å²) in [4.78, 5) is 12.6. The van der Waals surface area contributed by atoms with Gasteiger partial charge in [-0.05, 0) is 55.4 Å². The Morgan fingerprint density at radius 2 is 1.95 bits per heavy atom. The summed E-state index contributed by atoms with van der Waals surface area (Å²) in [6.45, 7) is 2.33. The number of aliphatic hydroxyl groups is 1. The highest BCUT2D eigenvalue weighted by atomic mass is 32.2. The van der Waals surface area contributed by atoms with Crippen molar-refractivity contribution in [3.8, 4) is 0 Å². The fraction of sp³-hybridized carbons (Fsp3) is 0.400. The van der Waals surface area contributed by atoms with Crippen LogP contribution in [0.2, 0.25) is 0 Å². The molecule has 0 saturated carbocycles. The van der Waals surface area contributed by atoms with E-state index in [1.54, 1.807) is 44.2 Å². The molecule has 4 rings (SSSR count). The van der Waals surface area contributed by atoms with Crippen molar-refractivity contribution in [1.29, 1.82) is 0 Å². The molecule has 12 heteroatoms. The molecule has 1 amide bonds. The summed E-state index contributed by atoms with van der Waals surface area (Å²) in [5, 5.41) is 17.0. The normalized spacial score (nSPS) is 21.3. The quantitative estimate of drug-likeness (QED) is 0.440. The number of carbonyl (C=O) groups is 1. The van der Waals surface area contributed by atoms with Gasteiger partial charge in [0.05, 0.1) is 12.1 Å². The summed E-state index contributed by atoms with van der Waals surface area (Å²) < 4.78 is 62.7. The Hall–Kier alpha value is -2.80. The summed E-state index contributed by atoms with van der Waals surface area (Å²) in [6.07, 6.45) is 1.06. The van der Waals surface area contributed by atoms with Gasteiger partial charge in [-0.3, -0.25) is 4.79 Å². The molecule has 1 saturated heterocycles. The van der Waals surface area contributed by atoms with E-state index < -0.39 is 51.0 Å². The number of amides is 1. The Bertz CT molecular complexity index is 1350. The van der Waals surface area contributed by atoms with Gasteiger partial charge in [-0.25, -0.2) is 17.2 Å². The van der Waals surface area contributed by atoms with Crippen LogP contribution in [0.25, 0.3) is 0 Å². The minimum Gasteiger partial charge on any atom is -0.394 e. The summed E-state index contributed by atoms with van der Waals surface area (Å²) in [5.41, 5.74) is -1.35. The predicted octanol–water partition coefficient (Wildman–Crippen LogP) is 3.90. The van der Waals surface area contributed by atoms with E-state index in [1.807, 2.05) is 0 Å². The predicted molar refractivity (Wildman–Crippen MR) is 135 cm³/mol. The minimum atomic E-state index is -3.85. The molecule has 1 aliphatic heterocycles. The van der Waals surface area contributed by atoms with Crippen LogP contribution >= 0.6 is 11.5 Å². The van der Waals surface area contributed by atoms with E-state index in [0.29, 0.717) is 18.4 Å². The third-order valence-electron chi connectivity index (χ3n) is 6.99. The molecule has 198 valence electrons. The van der Waals surface area contributed by atoms with Gasteiger partial charge >= 0.3 is 0 Å². The third-order valence-corrected chi connectivity index (χ3v) is 9.87. The Morgan fingerprint density at radius 1 is 1.22 bits per heavy atom. The number of sulfonamides is 1. The maximum absolute atomic E-state index is 15.5. The lowest BCUT2D eigenvalue weighted by Crippen LogP contribution is -2.49. The Balaban J connectivity index is 1.65. The van der Waals surface area contributed by atoms with Crippen molar-refractivity contribution in [2.24, 2.45) is 0 Å². The monoisotopic (exact) mass is 550 g/mol. The third kappa shape index (κ3) is 5.28. The first kappa shape index (κ1) is 27.2. The second-order valence-corrected chi connectivity index (χ2v) is 11.9. The molecule has 0 bridgehead atoms. The average molecular weight is 551 g/mol. The van der Waals surface area contributed by atoms with Gasteiger partial charge in [-0.2, -0.15) is 4.31 Å². The number of hydrogen-bond acceptors (Lipinski definition) is 7. The van der Waals surface area contributed by atoms with Gasteiger partial charge in [0, 0.05) is 29.1 Å². The van der Waals surface area contributed by atoms with E-state index >= 15 is 8.78 Å². The van der Waals surface area contributed by atoms with Crippen molar-refractivity contribution in [3.05, 3.63) is 81.9 Å². The lowest BCUT2D eigenvalue weighted by atomic mass is 9.86. The van der Waals surface area contributed by atoms with E-state index in [0.717, 1.165) is 23.7 Å². The molecule has 3 atom stereocenters. The van der Waals surface area contributed by atoms with Crippen molar-refractivity contribution in [1.82, 2.24) is 19.2 Å². The number of nitrogens with one attached hydrogen (secondary N) is 1. The van der Waals surface area contributed by atoms with Crippen molar-refractivity contribution in [2.75, 3.05) is 6.61 Å². The average Bonchev–Trinajstić information content (AvgIpc) is 3.43. The van der Waals surface area contributed by atoms with Gasteiger partial charge in [-0.1, -0.05) is 41.7 Å². The maximum atomic E-state index is 15.5. The van der Waals surface area contributed by atoms with E-state index in [9.17, 15) is 18.3 Å². The van der Waals surface area contributed by atoms with Crippen LogP contribution in [0, 0.1) is 11.6 Å². The molecule has 1 aromatic heterocycles. The fourth-order valence-electron chi connectivity index (χ4n) is 4.72. The second kappa shape index (κ2) is 10.9. The minimum absolute atomic E-state index is 0.00830. The molecule has 0 spiro atoms. The smallest absolute Gasteiger partial charge is 0.273 e. The van der Waals surface area contributed by atoms with Gasteiger partial charge in [0.25, 0.3) is 5.91 Å². The van der Waals surface area contributed by atoms with Crippen molar-refractivity contribution in [2.45, 2.75) is 56.5 Å². The van der Waals surface area contributed by atoms with Gasteiger partial charge in [-0.15, -0.1) is 5.10 Å². The highest BCUT2D eigenvalue weighted by molar-refractivity contribution is 7.89. The number of benzene rings is 2. The fourth-order valence-corrected chi connectivity index (χ4v) is 7.35. The SMILES string of the molecule is CC[C@@](CO)(NC(=O)c1csnn1)c1cc(F)c(CN2[C@@H](C)CC[C@H](c3ccccc3)S2(=O)=O)cc1F. The first-order valence-corrected chi connectivity index (χ1v) is 14.2. The van der Waals surface area contributed by atoms with Crippen LogP contribution < -0.4 is 5.32 Å². The van der Waals surface area contributed by atoms with E-state index in [4.69, 9.17) is 0 Å². The highest BCUT2D eigenvalue weighted by Gasteiger charge is 2.41. The van der Waals surface area contributed by atoms with E-state index in [-0.39, 0.29) is 29.8 Å². The van der Waals surface area contributed by atoms with Gasteiger partial charge in [0.2, 0.25) is 10.0 Å². The molecule has 0 radical (unpaired) electrons. The molecular weight excluding hydrogens is 522 g/mol. The molecule has 0 unspecified atom stereocenters. The topological polar surface area (TPSA) is 112 Å². The molecule has 8 nitrogen and oxygen atoms in total. The largest absolute Gasteiger partial charge is 0.394 e. The lowest BCUT2D eigenvalue weighted by Gasteiger charge is -2.38. The molecule has 2 N–H and O–H groups in total. The first-order chi connectivity index (χ1) is 17.6. The Kier molecular flexibility index (Phi) is 8.02. The zero-order valence-electron chi connectivity index (χ0n) is 20.4. The number of rotatable bonds is 8. The standard InChI is InChI=1S/C25H28F2N4O4S2/c1-3-25(15-32,28-24(33)22-14-36-30-29-22)19-12-20(26)18(11-21(19)27)13-31-16(2)9-10-23(37(31,34)35)17-7-5-4-6-8-17/h4-8,11-12,14,16,23,32H,3,9-10,13,15H2,1-2H3,(H,28,33)/t16-,23+,25-/m0/s1. The van der Waals surface area contributed by atoms with Crippen LogP contribution in [0.3, 0.4) is 0 Å². The number of hydrogen-bond donors (Lipinski definition) is 2. The Labute approximate surface area is 218 Å². The van der Waals surface area contributed by atoms with Crippen LogP contribution in [-0.2, 0) is 22.1 Å². The zero-order valence-corrected chi connectivity index (χ0v) is 22.0. The van der Waals surface area contributed by atoms with Crippen molar-refractivity contribution >= 4 is 27.5 Å². The molecule has 2 aromatic carbocycles. The second-order valence-electron chi connectivity index (χ2n) is 9.18. The number of aliphatic hydroxyl groups excluding tert-OH is 1. The summed E-state index contributed by atoms with van der Waals surface area (Å²) in [5.74, 6) is -2.39. The molecule has 37 heavy (non-hydrogen) atoms. The first-order valence-electron chi connectivity index (χ1n) is 11.9. The lowest BCUT2D eigenvalue weighted by molar-refractivity contribution is 0.0809. The number of halogens is 2. The van der Waals surface area contributed by atoms with Crippen LogP contribution in [0.5, 0.6) is 0 Å². The maximum Gasteiger partial charge on any atom is 0.273 e. The van der Waals surface area contributed by atoms with Gasteiger partial charge in [0.1, 0.15) is 16.9 Å². The van der Waals surface area contributed by atoms with Crippen molar-refractivity contribution in [3.63, 3.8) is 0 Å². The van der Waals surface area contributed by atoms with E-state index in [2.05, 4.69) is 14.9 Å². The van der Waals surface area contributed by atoms with Gasteiger partial charge < -0.3 is 10.4 Å². The summed E-state index contributed by atoms with van der Waals surface area (Å²) >= 11 is 0.955. The molecule has 0 aliphatic carbocycles. The zero-order chi connectivity index (χ0) is 26.8. The van der Waals surface area contributed by atoms with Crippen LogP contribution in [0.4, 0.5) is 8.78 Å². The molecule has 1 aliphatic rings. The number of aromatic nitrogens is 2. The Morgan fingerprint density at radius 3 is 2.57 bits per heavy atom. The van der Waals surface area contributed by atoms with Crippen LogP contribution in [0.15, 0.2) is 47.8 Å². The molecule has 2 heterocycles. The molecule has 1 fully saturated rings. The summed E-state index contributed by atoms with van der Waals surface area (Å²) in [7, 11) is -3.85. The van der Waals surface area contributed by atoms with Crippen LogP contribution in [-0.4, -0.2) is 46.0 Å². The van der Waals surface area contributed by atoms with Crippen LogP contribution in [0.1, 0.15) is 65.5 Å². The van der Waals surface area contributed by atoms with Gasteiger partial charge in [0.15, 0.2) is 5.69 Å². The molecular formula is C25H28F2N4O4S2. The molecule has 3 aromatic rings.